The fraction of sp³-hybridized carbons (Fsp3) is 0.250. The zero-order valence-electron chi connectivity index (χ0n) is 12.6. The van der Waals surface area contributed by atoms with Crippen molar-refractivity contribution >= 4 is 28.1 Å². The van der Waals surface area contributed by atoms with E-state index in [0.29, 0.717) is 10.4 Å². The second kappa shape index (κ2) is 7.26. The van der Waals surface area contributed by atoms with Crippen LogP contribution in [0.4, 0.5) is 0 Å². The Labute approximate surface area is 137 Å². The Hall–Kier alpha value is -2.08. The molecule has 116 valence electrons. The molecule has 0 radical (unpaired) electrons. The van der Waals surface area contributed by atoms with Crippen LogP contribution in [-0.4, -0.2) is 18.7 Å². The van der Waals surface area contributed by atoms with Gasteiger partial charge >= 0.3 is 0 Å². The van der Waals surface area contributed by atoms with E-state index in [4.69, 9.17) is 9.15 Å². The lowest BCUT2D eigenvalue weighted by atomic mass is 10.1. The molecule has 2 aromatic rings. The smallest absolute Gasteiger partial charge is 0.277 e. The second-order valence-electron chi connectivity index (χ2n) is 4.88. The molecule has 0 spiro atoms. The molecular weight excluding hydrogens is 348 g/mol. The average molecular weight is 365 g/mol. The zero-order valence-corrected chi connectivity index (χ0v) is 14.2. The summed E-state index contributed by atoms with van der Waals surface area (Å²) in [5.41, 5.74) is 5.56. The van der Waals surface area contributed by atoms with Gasteiger partial charge in [0.2, 0.25) is 0 Å². The molecule has 0 aliphatic heterocycles. The molecule has 0 atom stereocenters. The molecule has 1 aromatic carbocycles. The number of hydrazone groups is 1. The summed E-state index contributed by atoms with van der Waals surface area (Å²) in [4.78, 5) is 11.7. The molecule has 5 nitrogen and oxygen atoms in total. The molecule has 0 aliphatic rings. The topological polar surface area (TPSA) is 63.8 Å². The highest BCUT2D eigenvalue weighted by Crippen LogP contribution is 2.25. The largest absolute Gasteiger partial charge is 0.483 e. The van der Waals surface area contributed by atoms with E-state index in [-0.39, 0.29) is 12.5 Å². The third-order valence-corrected chi connectivity index (χ3v) is 3.62. The van der Waals surface area contributed by atoms with Gasteiger partial charge in [0.15, 0.2) is 11.3 Å². The highest BCUT2D eigenvalue weighted by Gasteiger charge is 2.08. The predicted molar refractivity (Wildman–Crippen MR) is 88.3 cm³/mol. The molecule has 1 aromatic heterocycles. The third-order valence-electron chi connectivity index (χ3n) is 3.20. The number of halogens is 1. The number of rotatable bonds is 5. The van der Waals surface area contributed by atoms with Gasteiger partial charge < -0.3 is 9.15 Å². The van der Waals surface area contributed by atoms with Gasteiger partial charge in [0.1, 0.15) is 11.5 Å². The van der Waals surface area contributed by atoms with Crippen LogP contribution in [0.25, 0.3) is 0 Å². The molecule has 0 aliphatic carbocycles. The minimum atomic E-state index is -0.331. The standard InChI is InChI=1S/C16H17BrN2O3/c1-10-4-5-11(2)16(12(10)3)21-9-15(20)19-18-8-13-6-7-14(17)22-13/h4-8H,9H2,1-3H3,(H,19,20)/b18-8-. The van der Waals surface area contributed by atoms with Gasteiger partial charge in [-0.15, -0.1) is 0 Å². The number of furan rings is 1. The van der Waals surface area contributed by atoms with Crippen LogP contribution >= 0.6 is 15.9 Å². The molecule has 6 heteroatoms. The Morgan fingerprint density at radius 1 is 1.27 bits per heavy atom. The normalized spacial score (nSPS) is 10.9. The van der Waals surface area contributed by atoms with Gasteiger partial charge in [-0.3, -0.25) is 4.79 Å². The highest BCUT2D eigenvalue weighted by atomic mass is 79.9. The maximum Gasteiger partial charge on any atom is 0.277 e. The summed E-state index contributed by atoms with van der Waals surface area (Å²) in [6, 6.07) is 7.48. The van der Waals surface area contributed by atoms with Crippen molar-refractivity contribution in [3.8, 4) is 5.75 Å². The first-order chi connectivity index (χ1) is 10.5. The minimum absolute atomic E-state index is 0.0929. The van der Waals surface area contributed by atoms with Crippen LogP contribution in [0.5, 0.6) is 5.75 Å². The predicted octanol–water partition coefficient (Wildman–Crippen LogP) is 3.50. The summed E-state index contributed by atoms with van der Waals surface area (Å²) >= 11 is 3.19. The molecule has 1 amide bonds. The van der Waals surface area contributed by atoms with Crippen LogP contribution in [0.1, 0.15) is 22.5 Å². The first-order valence-corrected chi connectivity index (χ1v) is 7.53. The minimum Gasteiger partial charge on any atom is -0.483 e. The van der Waals surface area contributed by atoms with Crippen LogP contribution < -0.4 is 10.2 Å². The number of carbonyl (C=O) groups excluding carboxylic acids is 1. The van der Waals surface area contributed by atoms with E-state index in [0.717, 1.165) is 22.4 Å². The van der Waals surface area contributed by atoms with E-state index in [1.54, 1.807) is 12.1 Å². The van der Waals surface area contributed by atoms with Crippen LogP contribution in [0.3, 0.4) is 0 Å². The lowest BCUT2D eigenvalue weighted by molar-refractivity contribution is -0.123. The maximum absolute atomic E-state index is 11.7. The van der Waals surface area contributed by atoms with Crippen molar-refractivity contribution in [1.82, 2.24) is 5.43 Å². The van der Waals surface area contributed by atoms with Gasteiger partial charge in [0.05, 0.1) is 6.21 Å². The molecule has 0 bridgehead atoms. The number of nitrogens with one attached hydrogen (secondary N) is 1. The Morgan fingerprint density at radius 3 is 2.68 bits per heavy atom. The van der Waals surface area contributed by atoms with E-state index < -0.39 is 0 Å². The number of amides is 1. The van der Waals surface area contributed by atoms with Crippen LogP contribution in [-0.2, 0) is 4.79 Å². The summed E-state index contributed by atoms with van der Waals surface area (Å²) in [5.74, 6) is 0.953. The van der Waals surface area contributed by atoms with E-state index >= 15 is 0 Å². The molecular formula is C16H17BrN2O3. The van der Waals surface area contributed by atoms with Crippen molar-refractivity contribution in [1.29, 1.82) is 0 Å². The van der Waals surface area contributed by atoms with Gasteiger partial charge in [0, 0.05) is 0 Å². The van der Waals surface area contributed by atoms with E-state index in [1.807, 2.05) is 32.9 Å². The average Bonchev–Trinajstić information content (AvgIpc) is 2.89. The summed E-state index contributed by atoms with van der Waals surface area (Å²) in [7, 11) is 0. The van der Waals surface area contributed by atoms with Crippen molar-refractivity contribution in [2.24, 2.45) is 5.10 Å². The SMILES string of the molecule is Cc1ccc(C)c(OCC(=O)N/N=C\c2ccc(Br)o2)c1C. The lowest BCUT2D eigenvalue weighted by Gasteiger charge is -2.13. The Morgan fingerprint density at radius 2 is 2.00 bits per heavy atom. The number of hydrogen-bond donors (Lipinski definition) is 1. The monoisotopic (exact) mass is 364 g/mol. The lowest BCUT2D eigenvalue weighted by Crippen LogP contribution is -2.25. The molecule has 0 fully saturated rings. The Kier molecular flexibility index (Phi) is 5.38. The van der Waals surface area contributed by atoms with Gasteiger partial charge in [-0.25, -0.2) is 5.43 Å². The fourth-order valence-corrected chi connectivity index (χ4v) is 2.20. The van der Waals surface area contributed by atoms with Crippen molar-refractivity contribution in [3.63, 3.8) is 0 Å². The van der Waals surface area contributed by atoms with Gasteiger partial charge in [-0.1, -0.05) is 12.1 Å². The summed E-state index contributed by atoms with van der Waals surface area (Å²) in [6.07, 6.45) is 1.42. The number of carbonyl (C=O) groups is 1. The summed E-state index contributed by atoms with van der Waals surface area (Å²) in [5, 5.41) is 3.81. The molecule has 2 rings (SSSR count). The van der Waals surface area contributed by atoms with Crippen LogP contribution in [0.15, 0.2) is 38.5 Å². The number of benzene rings is 1. The molecule has 1 N–H and O–H groups in total. The Balaban J connectivity index is 1.88. The second-order valence-corrected chi connectivity index (χ2v) is 5.66. The first-order valence-electron chi connectivity index (χ1n) is 6.74. The molecule has 0 unspecified atom stereocenters. The van der Waals surface area contributed by atoms with Gasteiger partial charge in [-0.05, 0) is 65.5 Å². The number of nitrogens with zero attached hydrogens (tertiary/aromatic N) is 1. The summed E-state index contributed by atoms with van der Waals surface area (Å²) < 4.78 is 11.4. The first kappa shape index (κ1) is 16.3. The molecule has 0 saturated heterocycles. The quantitative estimate of drug-likeness (QED) is 0.652. The van der Waals surface area contributed by atoms with Crippen molar-refractivity contribution < 1.29 is 13.9 Å². The van der Waals surface area contributed by atoms with Gasteiger partial charge in [-0.2, -0.15) is 5.10 Å². The number of hydrogen-bond acceptors (Lipinski definition) is 4. The van der Waals surface area contributed by atoms with Crippen molar-refractivity contribution in [3.05, 3.63) is 51.4 Å². The van der Waals surface area contributed by atoms with E-state index in [9.17, 15) is 4.79 Å². The van der Waals surface area contributed by atoms with Crippen molar-refractivity contribution in [2.75, 3.05) is 6.61 Å². The Bertz CT molecular complexity index is 707. The molecule has 1 heterocycles. The van der Waals surface area contributed by atoms with Crippen LogP contribution in [0.2, 0.25) is 0 Å². The fourth-order valence-electron chi connectivity index (χ4n) is 1.88. The van der Waals surface area contributed by atoms with E-state index in [2.05, 4.69) is 26.5 Å². The molecule has 0 saturated carbocycles. The summed E-state index contributed by atoms with van der Waals surface area (Å²) in [6.45, 7) is 5.84. The number of ether oxygens (including phenoxy) is 1. The highest BCUT2D eigenvalue weighted by molar-refractivity contribution is 9.10. The maximum atomic E-state index is 11.7. The number of aryl methyl sites for hydroxylation is 2. The van der Waals surface area contributed by atoms with Gasteiger partial charge in [0.25, 0.3) is 5.91 Å². The third kappa shape index (κ3) is 4.21. The molecule has 22 heavy (non-hydrogen) atoms. The van der Waals surface area contributed by atoms with Crippen molar-refractivity contribution in [2.45, 2.75) is 20.8 Å². The van der Waals surface area contributed by atoms with Crippen LogP contribution in [0, 0.1) is 20.8 Å². The van der Waals surface area contributed by atoms with E-state index in [1.165, 1.54) is 6.21 Å². The zero-order chi connectivity index (χ0) is 16.1.